The van der Waals surface area contributed by atoms with Crippen LogP contribution in [0.25, 0.3) is 22.4 Å². The highest BCUT2D eigenvalue weighted by Gasteiger charge is 2.13. The lowest BCUT2D eigenvalue weighted by molar-refractivity contribution is 0.414. The van der Waals surface area contributed by atoms with Crippen molar-refractivity contribution in [1.82, 2.24) is 9.78 Å². The topological polar surface area (TPSA) is 27.1 Å². The standard InChI is InChI=1S/C23H20N2O/c1-26-21-14-8-9-18(15-21)16-25-17-22(19-10-4-2-5-11-19)23(24-25)20-12-6-3-7-13-20/h2-15,17H,16H2,1H3. The second kappa shape index (κ2) is 7.28. The first-order valence-electron chi connectivity index (χ1n) is 8.65. The zero-order valence-electron chi connectivity index (χ0n) is 14.7. The molecule has 4 rings (SSSR count). The molecule has 3 aromatic carbocycles. The minimum Gasteiger partial charge on any atom is -0.497 e. The average molecular weight is 340 g/mol. The van der Waals surface area contributed by atoms with Gasteiger partial charge in [-0.15, -0.1) is 0 Å². The highest BCUT2D eigenvalue weighted by atomic mass is 16.5. The van der Waals surface area contributed by atoms with Gasteiger partial charge >= 0.3 is 0 Å². The zero-order chi connectivity index (χ0) is 17.8. The molecule has 0 saturated carbocycles. The summed E-state index contributed by atoms with van der Waals surface area (Å²) in [4.78, 5) is 0. The molecule has 0 saturated heterocycles. The predicted molar refractivity (Wildman–Crippen MR) is 105 cm³/mol. The Bertz CT molecular complexity index is 934. The fraction of sp³-hybridized carbons (Fsp3) is 0.0870. The number of hydrogen-bond acceptors (Lipinski definition) is 2. The highest BCUT2D eigenvalue weighted by molar-refractivity contribution is 5.80. The van der Waals surface area contributed by atoms with Crippen LogP contribution in [0.3, 0.4) is 0 Å². The highest BCUT2D eigenvalue weighted by Crippen LogP contribution is 2.31. The van der Waals surface area contributed by atoms with Gasteiger partial charge in [-0.1, -0.05) is 72.8 Å². The van der Waals surface area contributed by atoms with Crippen LogP contribution >= 0.6 is 0 Å². The molecule has 3 nitrogen and oxygen atoms in total. The summed E-state index contributed by atoms with van der Waals surface area (Å²) in [5.74, 6) is 0.862. The van der Waals surface area contributed by atoms with Gasteiger partial charge in [0.05, 0.1) is 13.7 Å². The molecule has 0 bridgehead atoms. The Hall–Kier alpha value is -3.33. The molecule has 4 aromatic rings. The zero-order valence-corrected chi connectivity index (χ0v) is 14.7. The van der Waals surface area contributed by atoms with E-state index in [9.17, 15) is 0 Å². The molecule has 0 N–H and O–H groups in total. The number of ether oxygens (including phenoxy) is 1. The molecule has 0 aliphatic carbocycles. The molecule has 26 heavy (non-hydrogen) atoms. The van der Waals surface area contributed by atoms with Crippen LogP contribution in [0.15, 0.2) is 91.1 Å². The number of aromatic nitrogens is 2. The minimum absolute atomic E-state index is 0.698. The maximum Gasteiger partial charge on any atom is 0.119 e. The van der Waals surface area contributed by atoms with Gasteiger partial charge in [-0.2, -0.15) is 5.10 Å². The molecule has 3 heteroatoms. The monoisotopic (exact) mass is 340 g/mol. The lowest BCUT2D eigenvalue weighted by Crippen LogP contribution is -2.00. The lowest BCUT2D eigenvalue weighted by Gasteiger charge is -2.04. The van der Waals surface area contributed by atoms with Crippen LogP contribution < -0.4 is 4.74 Å². The normalized spacial score (nSPS) is 10.7. The fourth-order valence-electron chi connectivity index (χ4n) is 3.10. The van der Waals surface area contributed by atoms with Crippen molar-refractivity contribution in [1.29, 1.82) is 0 Å². The van der Waals surface area contributed by atoms with Crippen molar-refractivity contribution in [2.24, 2.45) is 0 Å². The minimum atomic E-state index is 0.698. The molecule has 0 aliphatic heterocycles. The molecule has 0 aliphatic rings. The van der Waals surface area contributed by atoms with E-state index in [0.717, 1.165) is 28.1 Å². The van der Waals surface area contributed by atoms with Crippen LogP contribution in [-0.4, -0.2) is 16.9 Å². The molecule has 0 spiro atoms. The van der Waals surface area contributed by atoms with Crippen molar-refractivity contribution >= 4 is 0 Å². The van der Waals surface area contributed by atoms with Gasteiger partial charge in [0.2, 0.25) is 0 Å². The summed E-state index contributed by atoms with van der Waals surface area (Å²) >= 11 is 0. The van der Waals surface area contributed by atoms with Gasteiger partial charge in [0.25, 0.3) is 0 Å². The first kappa shape index (κ1) is 16.2. The van der Waals surface area contributed by atoms with Crippen LogP contribution in [0.5, 0.6) is 5.75 Å². The van der Waals surface area contributed by atoms with Crippen molar-refractivity contribution in [2.45, 2.75) is 6.54 Å². The van der Waals surface area contributed by atoms with E-state index in [2.05, 4.69) is 48.7 Å². The largest absolute Gasteiger partial charge is 0.497 e. The van der Waals surface area contributed by atoms with Gasteiger partial charge in [0, 0.05) is 17.3 Å². The number of nitrogens with zero attached hydrogens (tertiary/aromatic N) is 2. The maximum absolute atomic E-state index is 5.33. The maximum atomic E-state index is 5.33. The van der Waals surface area contributed by atoms with Crippen molar-refractivity contribution in [2.75, 3.05) is 7.11 Å². The van der Waals surface area contributed by atoms with Crippen LogP contribution in [-0.2, 0) is 6.54 Å². The summed E-state index contributed by atoms with van der Waals surface area (Å²) in [6, 6.07) is 28.8. The second-order valence-electron chi connectivity index (χ2n) is 6.17. The van der Waals surface area contributed by atoms with Crippen molar-refractivity contribution < 1.29 is 4.74 Å². The van der Waals surface area contributed by atoms with Gasteiger partial charge in [0.1, 0.15) is 11.4 Å². The molecule has 0 radical (unpaired) electrons. The predicted octanol–water partition coefficient (Wildman–Crippen LogP) is 5.27. The quantitative estimate of drug-likeness (QED) is 0.494. The van der Waals surface area contributed by atoms with Gasteiger partial charge in [-0.25, -0.2) is 0 Å². The Morgan fingerprint density at radius 2 is 1.50 bits per heavy atom. The number of benzene rings is 3. The Labute approximate surface area is 153 Å². The van der Waals surface area contributed by atoms with E-state index >= 15 is 0 Å². The lowest BCUT2D eigenvalue weighted by atomic mass is 10.0. The molecular weight excluding hydrogens is 320 g/mol. The molecular formula is C23H20N2O. The van der Waals surface area contributed by atoms with Crippen LogP contribution in [0.4, 0.5) is 0 Å². The molecule has 0 fully saturated rings. The summed E-state index contributed by atoms with van der Waals surface area (Å²) in [7, 11) is 1.69. The number of methoxy groups -OCH3 is 1. The second-order valence-corrected chi connectivity index (χ2v) is 6.17. The van der Waals surface area contributed by atoms with E-state index in [0.29, 0.717) is 6.54 Å². The summed E-state index contributed by atoms with van der Waals surface area (Å²) in [6.45, 7) is 0.698. The van der Waals surface area contributed by atoms with Crippen molar-refractivity contribution in [3.8, 4) is 28.1 Å². The SMILES string of the molecule is COc1cccc(Cn2cc(-c3ccccc3)c(-c3ccccc3)n2)c1. The summed E-state index contributed by atoms with van der Waals surface area (Å²) < 4.78 is 7.33. The Balaban J connectivity index is 1.76. The van der Waals surface area contributed by atoms with Crippen LogP contribution in [0, 0.1) is 0 Å². The first-order valence-corrected chi connectivity index (χ1v) is 8.65. The van der Waals surface area contributed by atoms with Gasteiger partial charge in [-0.05, 0) is 23.3 Å². The fourth-order valence-corrected chi connectivity index (χ4v) is 3.10. The third-order valence-electron chi connectivity index (χ3n) is 4.37. The summed E-state index contributed by atoms with van der Waals surface area (Å²) in [5, 5.41) is 4.88. The van der Waals surface area contributed by atoms with Gasteiger partial charge in [-0.3, -0.25) is 4.68 Å². The Morgan fingerprint density at radius 3 is 2.19 bits per heavy atom. The van der Waals surface area contributed by atoms with E-state index in [1.54, 1.807) is 7.11 Å². The molecule has 128 valence electrons. The van der Waals surface area contributed by atoms with Gasteiger partial charge < -0.3 is 4.74 Å². The Kier molecular flexibility index (Phi) is 4.52. The average Bonchev–Trinajstić information content (AvgIpc) is 3.13. The third kappa shape index (κ3) is 3.38. The van der Waals surface area contributed by atoms with E-state index in [1.807, 2.05) is 47.1 Å². The van der Waals surface area contributed by atoms with E-state index in [4.69, 9.17) is 9.84 Å². The van der Waals surface area contributed by atoms with E-state index in [-0.39, 0.29) is 0 Å². The first-order chi connectivity index (χ1) is 12.8. The van der Waals surface area contributed by atoms with Crippen molar-refractivity contribution in [3.63, 3.8) is 0 Å². The molecule has 0 unspecified atom stereocenters. The van der Waals surface area contributed by atoms with Crippen LogP contribution in [0.1, 0.15) is 5.56 Å². The van der Waals surface area contributed by atoms with Crippen LogP contribution in [0.2, 0.25) is 0 Å². The molecule has 1 heterocycles. The number of rotatable bonds is 5. The number of hydrogen-bond donors (Lipinski definition) is 0. The smallest absolute Gasteiger partial charge is 0.119 e. The molecule has 1 aromatic heterocycles. The van der Waals surface area contributed by atoms with Crippen molar-refractivity contribution in [3.05, 3.63) is 96.7 Å². The third-order valence-corrected chi connectivity index (χ3v) is 4.37. The van der Waals surface area contributed by atoms with E-state index in [1.165, 1.54) is 5.56 Å². The summed E-state index contributed by atoms with van der Waals surface area (Å²) in [5.41, 5.74) is 5.59. The summed E-state index contributed by atoms with van der Waals surface area (Å²) in [6.07, 6.45) is 2.12. The molecule has 0 amide bonds. The van der Waals surface area contributed by atoms with Gasteiger partial charge in [0.15, 0.2) is 0 Å². The van der Waals surface area contributed by atoms with E-state index < -0.39 is 0 Å². The Morgan fingerprint density at radius 1 is 0.808 bits per heavy atom. The molecule has 0 atom stereocenters.